The number of pyridine rings is 1. The van der Waals surface area contributed by atoms with E-state index in [1.807, 2.05) is 36.4 Å². The van der Waals surface area contributed by atoms with Gasteiger partial charge in [0.15, 0.2) is 0 Å². The highest BCUT2D eigenvalue weighted by Gasteiger charge is 2.33. The van der Waals surface area contributed by atoms with Crippen molar-refractivity contribution in [1.29, 1.82) is 5.26 Å². The van der Waals surface area contributed by atoms with E-state index in [9.17, 15) is 15.5 Å². The second kappa shape index (κ2) is 8.60. The van der Waals surface area contributed by atoms with Crippen molar-refractivity contribution < 1.29 is 10.2 Å². The van der Waals surface area contributed by atoms with Crippen LogP contribution in [0, 0.1) is 11.3 Å². The first-order valence-electron chi connectivity index (χ1n) is 9.88. The molecule has 1 saturated heterocycles. The van der Waals surface area contributed by atoms with Crippen LogP contribution in [0.25, 0.3) is 10.9 Å². The average molecular weight is 467 g/mol. The van der Waals surface area contributed by atoms with Gasteiger partial charge in [0.05, 0.1) is 23.7 Å². The van der Waals surface area contributed by atoms with Gasteiger partial charge in [-0.25, -0.2) is 0 Å². The van der Waals surface area contributed by atoms with Crippen molar-refractivity contribution in [3.05, 3.63) is 64.3 Å². The van der Waals surface area contributed by atoms with Crippen molar-refractivity contribution in [2.45, 2.75) is 25.6 Å². The molecule has 6 nitrogen and oxygen atoms in total. The highest BCUT2D eigenvalue weighted by atomic mass is 79.9. The summed E-state index contributed by atoms with van der Waals surface area (Å²) in [6.45, 7) is 4.13. The molecule has 0 unspecified atom stereocenters. The lowest BCUT2D eigenvalue weighted by atomic mass is 10.0. The molecule has 2 atom stereocenters. The Bertz CT molecular complexity index is 1110. The number of aliphatic hydroxyl groups is 1. The molecule has 0 radical (unpaired) electrons. The Labute approximate surface area is 184 Å². The average Bonchev–Trinajstić information content (AvgIpc) is 2.75. The third-order valence-electron chi connectivity index (χ3n) is 5.77. The molecule has 7 heteroatoms. The molecule has 0 bridgehead atoms. The summed E-state index contributed by atoms with van der Waals surface area (Å²) < 4.78 is 0.835. The number of halogens is 1. The molecule has 1 aliphatic rings. The summed E-state index contributed by atoms with van der Waals surface area (Å²) in [5, 5.41) is 30.8. The molecule has 3 aromatic rings. The van der Waals surface area contributed by atoms with Gasteiger partial charge in [-0.1, -0.05) is 22.0 Å². The van der Waals surface area contributed by atoms with Gasteiger partial charge in [0.2, 0.25) is 0 Å². The lowest BCUT2D eigenvalue weighted by Crippen LogP contribution is -2.58. The predicted octanol–water partition coefficient (Wildman–Crippen LogP) is 3.65. The Morgan fingerprint density at radius 1 is 1.23 bits per heavy atom. The number of phenols is 1. The topological polar surface area (TPSA) is 83.6 Å². The normalized spacial score (nSPS) is 19.7. The Kier molecular flexibility index (Phi) is 5.91. The molecule has 0 amide bonds. The zero-order valence-electron chi connectivity index (χ0n) is 16.7. The van der Waals surface area contributed by atoms with Gasteiger partial charge in [-0.2, -0.15) is 5.26 Å². The molecule has 1 fully saturated rings. The molecular weight excluding hydrogens is 444 g/mol. The van der Waals surface area contributed by atoms with E-state index in [-0.39, 0.29) is 24.4 Å². The molecule has 1 aliphatic heterocycles. The van der Waals surface area contributed by atoms with Gasteiger partial charge in [0, 0.05) is 53.0 Å². The minimum Gasteiger partial charge on any atom is -0.508 e. The first kappa shape index (κ1) is 20.6. The predicted molar refractivity (Wildman–Crippen MR) is 120 cm³/mol. The van der Waals surface area contributed by atoms with Crippen LogP contribution in [0.2, 0.25) is 0 Å². The van der Waals surface area contributed by atoms with Crippen LogP contribution in [-0.4, -0.2) is 51.9 Å². The molecule has 154 valence electrons. The lowest BCUT2D eigenvalue weighted by molar-refractivity contribution is 0.0670. The summed E-state index contributed by atoms with van der Waals surface area (Å²) in [6, 6.07) is 15.5. The number of rotatable bonds is 4. The van der Waals surface area contributed by atoms with Crippen LogP contribution in [0.15, 0.2) is 53.1 Å². The number of phenolic OH excluding ortho intramolecular Hbond substituents is 1. The van der Waals surface area contributed by atoms with E-state index >= 15 is 0 Å². The smallest absolute Gasteiger partial charge is 0.121 e. The minimum absolute atomic E-state index is 0.0184. The summed E-state index contributed by atoms with van der Waals surface area (Å²) in [4.78, 5) is 8.91. The van der Waals surface area contributed by atoms with E-state index in [0.717, 1.165) is 27.7 Å². The molecule has 1 aromatic heterocycles. The Balaban J connectivity index is 1.63. The maximum Gasteiger partial charge on any atom is 0.121 e. The second-order valence-electron chi connectivity index (χ2n) is 7.68. The summed E-state index contributed by atoms with van der Waals surface area (Å²) in [5.74, 6) is 0.250. The number of aliphatic hydroxyl groups excluding tert-OH is 1. The van der Waals surface area contributed by atoms with Crippen LogP contribution in [0.5, 0.6) is 5.75 Å². The maximum atomic E-state index is 10.3. The molecule has 0 saturated carbocycles. The van der Waals surface area contributed by atoms with Crippen LogP contribution in [0.1, 0.15) is 18.1 Å². The highest BCUT2D eigenvalue weighted by molar-refractivity contribution is 9.10. The Hall–Kier alpha value is -2.66. The quantitative estimate of drug-likeness (QED) is 0.610. The maximum absolute atomic E-state index is 10.3. The lowest BCUT2D eigenvalue weighted by Gasteiger charge is -2.46. The summed E-state index contributed by atoms with van der Waals surface area (Å²) in [5.41, 5.74) is 3.12. The SMILES string of the molecule is C[C@@H]1CN(c2ccc(C#N)c3ncccc23)C[C@H](CO)N1Cc1ccc(Br)cc1O. The van der Waals surface area contributed by atoms with Crippen LogP contribution in [0.4, 0.5) is 5.69 Å². The molecule has 2 N–H and O–H groups in total. The standard InChI is InChI=1S/C23H23BrN4O2/c1-15-11-27(21-7-5-16(10-25)23-20(21)3-2-8-26-23)13-19(14-29)28(15)12-17-4-6-18(24)9-22(17)30/h2-9,15,19,29-30H,11-14H2,1H3/t15-,19-/m1/s1. The zero-order valence-corrected chi connectivity index (χ0v) is 18.2. The number of nitriles is 1. The molecule has 30 heavy (non-hydrogen) atoms. The molecule has 0 spiro atoms. The molecular formula is C23H23BrN4O2. The fraction of sp³-hybridized carbons (Fsp3) is 0.304. The third kappa shape index (κ3) is 3.86. The largest absolute Gasteiger partial charge is 0.508 e. The number of aromatic hydroxyl groups is 1. The van der Waals surface area contributed by atoms with Gasteiger partial charge in [-0.15, -0.1) is 0 Å². The van der Waals surface area contributed by atoms with Crippen molar-refractivity contribution in [2.24, 2.45) is 0 Å². The number of benzene rings is 2. The fourth-order valence-electron chi connectivity index (χ4n) is 4.25. The van der Waals surface area contributed by atoms with Crippen LogP contribution >= 0.6 is 15.9 Å². The van der Waals surface area contributed by atoms with Crippen molar-refractivity contribution in [3.8, 4) is 11.8 Å². The number of hydrogen-bond acceptors (Lipinski definition) is 6. The van der Waals surface area contributed by atoms with E-state index < -0.39 is 0 Å². The molecule has 2 heterocycles. The minimum atomic E-state index is -0.0841. The number of piperazine rings is 1. The Morgan fingerprint density at radius 2 is 2.07 bits per heavy atom. The van der Waals surface area contributed by atoms with Gasteiger partial charge < -0.3 is 15.1 Å². The number of hydrogen-bond donors (Lipinski definition) is 2. The van der Waals surface area contributed by atoms with Crippen LogP contribution < -0.4 is 4.90 Å². The molecule has 2 aromatic carbocycles. The number of anilines is 1. The first-order chi connectivity index (χ1) is 14.5. The third-order valence-corrected chi connectivity index (χ3v) is 6.26. The second-order valence-corrected chi connectivity index (χ2v) is 8.60. The van der Waals surface area contributed by atoms with Gasteiger partial charge in [0.25, 0.3) is 0 Å². The van der Waals surface area contributed by atoms with E-state index in [1.54, 1.807) is 12.3 Å². The van der Waals surface area contributed by atoms with Crippen molar-refractivity contribution in [3.63, 3.8) is 0 Å². The fourth-order valence-corrected chi connectivity index (χ4v) is 4.60. The van der Waals surface area contributed by atoms with Crippen molar-refractivity contribution in [1.82, 2.24) is 9.88 Å². The van der Waals surface area contributed by atoms with E-state index in [4.69, 9.17) is 0 Å². The van der Waals surface area contributed by atoms with Gasteiger partial charge >= 0.3 is 0 Å². The molecule has 0 aliphatic carbocycles. The van der Waals surface area contributed by atoms with Gasteiger partial charge in [-0.05, 0) is 43.3 Å². The van der Waals surface area contributed by atoms with E-state index in [0.29, 0.717) is 24.2 Å². The van der Waals surface area contributed by atoms with Gasteiger partial charge in [0.1, 0.15) is 11.8 Å². The van der Waals surface area contributed by atoms with E-state index in [1.165, 1.54) is 0 Å². The number of nitrogens with zero attached hydrogens (tertiary/aromatic N) is 4. The number of aromatic nitrogens is 1. The van der Waals surface area contributed by atoms with Crippen molar-refractivity contribution >= 4 is 32.5 Å². The van der Waals surface area contributed by atoms with Crippen LogP contribution in [0.3, 0.4) is 0 Å². The summed E-state index contributed by atoms with van der Waals surface area (Å²) >= 11 is 3.38. The van der Waals surface area contributed by atoms with Crippen molar-refractivity contribution in [2.75, 3.05) is 24.6 Å². The highest BCUT2D eigenvalue weighted by Crippen LogP contribution is 2.32. The van der Waals surface area contributed by atoms with E-state index in [2.05, 4.69) is 43.7 Å². The summed E-state index contributed by atoms with van der Waals surface area (Å²) in [7, 11) is 0. The van der Waals surface area contributed by atoms with Gasteiger partial charge in [-0.3, -0.25) is 9.88 Å². The number of fused-ring (bicyclic) bond motifs is 1. The summed E-state index contributed by atoms with van der Waals surface area (Å²) in [6.07, 6.45) is 1.70. The van der Waals surface area contributed by atoms with Crippen LogP contribution in [-0.2, 0) is 6.54 Å². The Morgan fingerprint density at radius 3 is 2.80 bits per heavy atom. The first-order valence-corrected chi connectivity index (χ1v) is 10.7. The molecule has 4 rings (SSSR count). The monoisotopic (exact) mass is 466 g/mol. The zero-order chi connectivity index (χ0) is 21.3.